The summed E-state index contributed by atoms with van der Waals surface area (Å²) >= 11 is 0. The lowest BCUT2D eigenvalue weighted by Crippen LogP contribution is -2.52. The van der Waals surface area contributed by atoms with Gasteiger partial charge >= 0.3 is 0 Å². The van der Waals surface area contributed by atoms with Crippen molar-refractivity contribution in [2.75, 3.05) is 13.2 Å². The van der Waals surface area contributed by atoms with Crippen molar-refractivity contribution in [1.82, 2.24) is 15.3 Å². The number of nitrogens with one attached hydrogen (secondary N) is 1. The maximum Gasteiger partial charge on any atom is 0.115 e. The minimum atomic E-state index is 0.322. The third-order valence-corrected chi connectivity index (χ3v) is 3.00. The summed E-state index contributed by atoms with van der Waals surface area (Å²) in [6.45, 7) is 1.78. The van der Waals surface area contributed by atoms with Gasteiger partial charge in [0.15, 0.2) is 0 Å². The second-order valence-corrected chi connectivity index (χ2v) is 3.87. The lowest BCUT2D eigenvalue weighted by atomic mass is 9.89. The molecule has 2 heterocycles. The van der Waals surface area contributed by atoms with Gasteiger partial charge in [0.2, 0.25) is 0 Å². The quantitative estimate of drug-likeness (QED) is 0.623. The van der Waals surface area contributed by atoms with E-state index >= 15 is 0 Å². The molecule has 0 unspecified atom stereocenters. The molecular weight excluding hydrogens is 178 g/mol. The summed E-state index contributed by atoms with van der Waals surface area (Å²) in [6.07, 6.45) is 5.79. The lowest BCUT2D eigenvalue weighted by Gasteiger charge is -2.36. The van der Waals surface area contributed by atoms with E-state index in [0.717, 1.165) is 26.0 Å². The van der Waals surface area contributed by atoms with Crippen molar-refractivity contribution in [3.8, 4) is 0 Å². The largest absolute Gasteiger partial charge is 0.375 e. The first-order valence-corrected chi connectivity index (χ1v) is 5.06. The zero-order valence-corrected chi connectivity index (χ0v) is 7.94. The van der Waals surface area contributed by atoms with Crippen molar-refractivity contribution in [3.05, 3.63) is 23.8 Å². The smallest absolute Gasteiger partial charge is 0.115 e. The average Bonchev–Trinajstić information content (AvgIpc) is 2.26. The van der Waals surface area contributed by atoms with Crippen LogP contribution in [0.15, 0.2) is 12.5 Å². The molecular formula is C10H13N3O. The van der Waals surface area contributed by atoms with E-state index < -0.39 is 0 Å². The van der Waals surface area contributed by atoms with E-state index in [1.165, 1.54) is 11.3 Å². The van der Waals surface area contributed by atoms with Crippen molar-refractivity contribution in [1.29, 1.82) is 0 Å². The molecule has 0 radical (unpaired) electrons. The van der Waals surface area contributed by atoms with Crippen LogP contribution in [0.3, 0.4) is 0 Å². The van der Waals surface area contributed by atoms with E-state index in [1.54, 1.807) is 6.33 Å². The normalized spacial score (nSPS) is 30.6. The van der Waals surface area contributed by atoms with E-state index in [2.05, 4.69) is 15.3 Å². The van der Waals surface area contributed by atoms with Gasteiger partial charge in [0.05, 0.1) is 12.7 Å². The summed E-state index contributed by atoms with van der Waals surface area (Å²) in [5, 5.41) is 3.48. The molecule has 0 bridgehead atoms. The van der Waals surface area contributed by atoms with Crippen LogP contribution in [0.1, 0.15) is 11.3 Å². The molecule has 4 heteroatoms. The molecule has 2 aliphatic rings. The SMILES string of the molecule is c1ncc2c(n1)C[C@H]1NCCO[C@@H]1C2. The van der Waals surface area contributed by atoms with Gasteiger partial charge in [-0.25, -0.2) is 9.97 Å². The van der Waals surface area contributed by atoms with Crippen molar-refractivity contribution >= 4 is 0 Å². The van der Waals surface area contributed by atoms with Crippen LogP contribution in [0.25, 0.3) is 0 Å². The van der Waals surface area contributed by atoms with Crippen LogP contribution >= 0.6 is 0 Å². The van der Waals surface area contributed by atoms with Crippen LogP contribution in [0, 0.1) is 0 Å². The Balaban J connectivity index is 1.91. The Kier molecular flexibility index (Phi) is 1.96. The molecule has 4 nitrogen and oxygen atoms in total. The predicted molar refractivity (Wildman–Crippen MR) is 51.0 cm³/mol. The highest BCUT2D eigenvalue weighted by atomic mass is 16.5. The Hall–Kier alpha value is -1.00. The maximum absolute atomic E-state index is 5.72. The molecule has 1 fully saturated rings. The van der Waals surface area contributed by atoms with Gasteiger partial charge in [0.25, 0.3) is 0 Å². The van der Waals surface area contributed by atoms with Crippen LogP contribution in [0.4, 0.5) is 0 Å². The van der Waals surface area contributed by atoms with Gasteiger partial charge in [-0.2, -0.15) is 0 Å². The monoisotopic (exact) mass is 191 g/mol. The minimum absolute atomic E-state index is 0.322. The molecule has 3 rings (SSSR count). The number of aromatic nitrogens is 2. The van der Waals surface area contributed by atoms with Gasteiger partial charge in [-0.15, -0.1) is 0 Å². The summed E-state index contributed by atoms with van der Waals surface area (Å²) in [5.41, 5.74) is 2.43. The standard InChI is InChI=1S/C10H13N3O/c1-2-14-10-3-7-5-11-6-13-8(7)4-9(10)12-1/h5-6,9-10,12H,1-4H2/t9-,10-/m1/s1. The molecule has 0 spiro atoms. The molecule has 1 N–H and O–H groups in total. The van der Waals surface area contributed by atoms with E-state index in [4.69, 9.17) is 4.74 Å². The number of ether oxygens (including phenoxy) is 1. The summed E-state index contributed by atoms with van der Waals surface area (Å²) < 4.78 is 5.72. The number of hydrogen-bond donors (Lipinski definition) is 1. The van der Waals surface area contributed by atoms with Crippen molar-refractivity contribution in [2.24, 2.45) is 0 Å². The number of nitrogens with zero attached hydrogens (tertiary/aromatic N) is 2. The molecule has 1 aromatic heterocycles. The third-order valence-electron chi connectivity index (χ3n) is 3.00. The van der Waals surface area contributed by atoms with Crippen LogP contribution in [0.5, 0.6) is 0 Å². The first kappa shape index (κ1) is 8.32. The third kappa shape index (κ3) is 1.31. The van der Waals surface area contributed by atoms with Gasteiger partial charge in [-0.1, -0.05) is 0 Å². The average molecular weight is 191 g/mol. The molecule has 0 aromatic carbocycles. The zero-order chi connectivity index (χ0) is 9.38. The Labute approximate surface area is 82.7 Å². The Morgan fingerprint density at radius 3 is 3.43 bits per heavy atom. The molecule has 0 amide bonds. The van der Waals surface area contributed by atoms with Gasteiger partial charge in [0.1, 0.15) is 6.33 Å². The molecule has 2 atom stereocenters. The van der Waals surface area contributed by atoms with E-state index in [-0.39, 0.29) is 0 Å². The fraction of sp³-hybridized carbons (Fsp3) is 0.600. The molecule has 1 saturated heterocycles. The second-order valence-electron chi connectivity index (χ2n) is 3.87. The topological polar surface area (TPSA) is 47.0 Å². The molecule has 74 valence electrons. The zero-order valence-electron chi connectivity index (χ0n) is 7.94. The highest BCUT2D eigenvalue weighted by molar-refractivity contribution is 5.23. The van der Waals surface area contributed by atoms with Crippen LogP contribution < -0.4 is 5.32 Å². The molecule has 1 aromatic rings. The van der Waals surface area contributed by atoms with Crippen LogP contribution in [-0.4, -0.2) is 35.3 Å². The number of rotatable bonds is 0. The first-order chi connectivity index (χ1) is 6.93. The highest BCUT2D eigenvalue weighted by Crippen LogP contribution is 2.22. The highest BCUT2D eigenvalue weighted by Gasteiger charge is 2.31. The van der Waals surface area contributed by atoms with Crippen molar-refractivity contribution in [3.63, 3.8) is 0 Å². The van der Waals surface area contributed by atoms with Gasteiger partial charge in [-0.3, -0.25) is 0 Å². The Morgan fingerprint density at radius 2 is 2.43 bits per heavy atom. The summed E-state index contributed by atoms with van der Waals surface area (Å²) in [4.78, 5) is 8.35. The number of hydrogen-bond acceptors (Lipinski definition) is 4. The van der Waals surface area contributed by atoms with Gasteiger partial charge in [0, 0.05) is 37.3 Å². The molecule has 1 aliphatic carbocycles. The summed E-state index contributed by atoms with van der Waals surface area (Å²) in [6, 6.07) is 0.450. The first-order valence-electron chi connectivity index (χ1n) is 5.06. The van der Waals surface area contributed by atoms with E-state index in [0.29, 0.717) is 12.1 Å². The van der Waals surface area contributed by atoms with Crippen LogP contribution in [-0.2, 0) is 17.6 Å². The molecule has 1 aliphatic heterocycles. The fourth-order valence-corrected chi connectivity index (χ4v) is 2.27. The Bertz CT molecular complexity index is 309. The lowest BCUT2D eigenvalue weighted by molar-refractivity contribution is -0.00795. The fourth-order valence-electron chi connectivity index (χ4n) is 2.27. The summed E-state index contributed by atoms with van der Waals surface area (Å²) in [5.74, 6) is 0. The Morgan fingerprint density at radius 1 is 1.43 bits per heavy atom. The predicted octanol–water partition coefficient (Wildman–Crippen LogP) is -0.0678. The number of morpholine rings is 1. The van der Waals surface area contributed by atoms with Crippen LogP contribution in [0.2, 0.25) is 0 Å². The molecule has 0 saturated carbocycles. The van der Waals surface area contributed by atoms with Gasteiger partial charge < -0.3 is 10.1 Å². The second kappa shape index (κ2) is 3.29. The summed E-state index contributed by atoms with van der Waals surface area (Å²) in [7, 11) is 0. The molecule has 14 heavy (non-hydrogen) atoms. The van der Waals surface area contributed by atoms with Crippen molar-refractivity contribution < 1.29 is 4.74 Å². The maximum atomic E-state index is 5.72. The van der Waals surface area contributed by atoms with Crippen molar-refractivity contribution in [2.45, 2.75) is 25.0 Å². The minimum Gasteiger partial charge on any atom is -0.375 e. The van der Waals surface area contributed by atoms with E-state index in [1.807, 2.05) is 6.20 Å². The van der Waals surface area contributed by atoms with E-state index in [9.17, 15) is 0 Å². The van der Waals surface area contributed by atoms with Gasteiger partial charge in [-0.05, 0) is 5.56 Å². The number of fused-ring (bicyclic) bond motifs is 2.